The number of anilines is 1. The SMILES string of the molecule is Cc1cc(C(C)(C)C)ccc1-c1ccc(NC#N)nn1. The van der Waals surface area contributed by atoms with E-state index < -0.39 is 0 Å². The summed E-state index contributed by atoms with van der Waals surface area (Å²) in [6.45, 7) is 8.67. The molecular weight excluding hydrogens is 248 g/mol. The van der Waals surface area contributed by atoms with Crippen molar-refractivity contribution in [2.75, 3.05) is 5.32 Å². The first kappa shape index (κ1) is 14.0. The van der Waals surface area contributed by atoms with Gasteiger partial charge in [-0.15, -0.1) is 10.2 Å². The number of hydrogen-bond acceptors (Lipinski definition) is 4. The van der Waals surface area contributed by atoms with Crippen LogP contribution in [0.4, 0.5) is 5.82 Å². The molecule has 1 N–H and O–H groups in total. The van der Waals surface area contributed by atoms with Gasteiger partial charge < -0.3 is 0 Å². The van der Waals surface area contributed by atoms with Gasteiger partial charge in [0.15, 0.2) is 12.0 Å². The Morgan fingerprint density at radius 2 is 1.85 bits per heavy atom. The van der Waals surface area contributed by atoms with Crippen LogP contribution in [0.25, 0.3) is 11.3 Å². The number of aryl methyl sites for hydroxylation is 1. The minimum Gasteiger partial charge on any atom is -0.275 e. The van der Waals surface area contributed by atoms with Gasteiger partial charge in [-0.1, -0.05) is 39.0 Å². The highest BCUT2D eigenvalue weighted by Crippen LogP contribution is 2.28. The molecule has 20 heavy (non-hydrogen) atoms. The quantitative estimate of drug-likeness (QED) is 0.666. The zero-order valence-electron chi connectivity index (χ0n) is 12.2. The van der Waals surface area contributed by atoms with E-state index in [0.29, 0.717) is 5.82 Å². The molecule has 1 heterocycles. The van der Waals surface area contributed by atoms with E-state index in [1.165, 1.54) is 11.1 Å². The molecule has 4 heteroatoms. The molecule has 1 aromatic heterocycles. The number of nitrogens with one attached hydrogen (secondary N) is 1. The molecule has 0 aliphatic heterocycles. The topological polar surface area (TPSA) is 61.6 Å². The van der Waals surface area contributed by atoms with Crippen LogP contribution in [0.15, 0.2) is 30.3 Å². The summed E-state index contributed by atoms with van der Waals surface area (Å²) in [4.78, 5) is 0. The normalized spacial score (nSPS) is 10.9. The van der Waals surface area contributed by atoms with Gasteiger partial charge in [-0.25, -0.2) is 0 Å². The highest BCUT2D eigenvalue weighted by atomic mass is 15.2. The van der Waals surface area contributed by atoms with Crippen LogP contribution in [0.1, 0.15) is 31.9 Å². The Morgan fingerprint density at radius 3 is 2.35 bits per heavy atom. The van der Waals surface area contributed by atoms with Crippen molar-refractivity contribution >= 4 is 5.82 Å². The van der Waals surface area contributed by atoms with E-state index in [1.807, 2.05) is 12.3 Å². The average Bonchev–Trinajstić information content (AvgIpc) is 2.39. The summed E-state index contributed by atoms with van der Waals surface area (Å²) in [7, 11) is 0. The molecule has 102 valence electrons. The fourth-order valence-corrected chi connectivity index (χ4v) is 2.02. The molecule has 0 unspecified atom stereocenters. The van der Waals surface area contributed by atoms with Gasteiger partial charge in [-0.3, -0.25) is 5.32 Å². The van der Waals surface area contributed by atoms with Crippen molar-refractivity contribution < 1.29 is 0 Å². The molecule has 0 spiro atoms. The number of aromatic nitrogens is 2. The molecule has 4 nitrogen and oxygen atoms in total. The van der Waals surface area contributed by atoms with Crippen LogP contribution in [-0.4, -0.2) is 10.2 Å². The van der Waals surface area contributed by atoms with Crippen molar-refractivity contribution in [2.45, 2.75) is 33.1 Å². The molecule has 0 radical (unpaired) electrons. The van der Waals surface area contributed by atoms with Crippen LogP contribution in [0, 0.1) is 18.4 Å². The first-order valence-corrected chi connectivity index (χ1v) is 6.52. The second kappa shape index (κ2) is 5.30. The van der Waals surface area contributed by atoms with Crippen LogP contribution >= 0.6 is 0 Å². The Hall–Kier alpha value is -2.41. The fraction of sp³-hybridized carbons (Fsp3) is 0.312. The third-order valence-corrected chi connectivity index (χ3v) is 3.22. The Labute approximate surface area is 119 Å². The predicted molar refractivity (Wildman–Crippen MR) is 80.1 cm³/mol. The molecule has 0 saturated carbocycles. The summed E-state index contributed by atoms with van der Waals surface area (Å²) in [5.41, 5.74) is 4.48. The van der Waals surface area contributed by atoms with Crippen molar-refractivity contribution in [1.82, 2.24) is 10.2 Å². The zero-order chi connectivity index (χ0) is 14.8. The average molecular weight is 266 g/mol. The Morgan fingerprint density at radius 1 is 1.10 bits per heavy atom. The van der Waals surface area contributed by atoms with Gasteiger partial charge in [-0.05, 0) is 35.6 Å². The first-order chi connectivity index (χ1) is 9.41. The maximum absolute atomic E-state index is 8.53. The van der Waals surface area contributed by atoms with E-state index >= 15 is 0 Å². The van der Waals surface area contributed by atoms with Gasteiger partial charge in [0.2, 0.25) is 0 Å². The molecule has 0 aliphatic rings. The summed E-state index contributed by atoms with van der Waals surface area (Å²) in [6, 6.07) is 10.0. The lowest BCUT2D eigenvalue weighted by molar-refractivity contribution is 0.590. The van der Waals surface area contributed by atoms with Gasteiger partial charge in [0.1, 0.15) is 0 Å². The Balaban J connectivity index is 2.36. The van der Waals surface area contributed by atoms with E-state index in [1.54, 1.807) is 6.07 Å². The van der Waals surface area contributed by atoms with Crippen LogP contribution in [0.2, 0.25) is 0 Å². The highest BCUT2D eigenvalue weighted by Gasteiger charge is 2.15. The van der Waals surface area contributed by atoms with Gasteiger partial charge in [0.05, 0.1) is 5.69 Å². The molecular formula is C16H18N4. The van der Waals surface area contributed by atoms with E-state index in [9.17, 15) is 0 Å². The third kappa shape index (κ3) is 2.94. The van der Waals surface area contributed by atoms with Crippen molar-refractivity contribution in [2.24, 2.45) is 0 Å². The summed E-state index contributed by atoms with van der Waals surface area (Å²) in [5, 5.41) is 19.1. The zero-order valence-corrected chi connectivity index (χ0v) is 12.2. The summed E-state index contributed by atoms with van der Waals surface area (Å²) >= 11 is 0. The monoisotopic (exact) mass is 266 g/mol. The maximum atomic E-state index is 8.53. The van der Waals surface area contributed by atoms with Crippen LogP contribution in [0.3, 0.4) is 0 Å². The van der Waals surface area contributed by atoms with Gasteiger partial charge in [0, 0.05) is 5.56 Å². The molecule has 1 aromatic carbocycles. The van der Waals surface area contributed by atoms with E-state index in [-0.39, 0.29) is 5.41 Å². The molecule has 0 saturated heterocycles. The molecule has 0 aliphatic carbocycles. The van der Waals surface area contributed by atoms with E-state index in [0.717, 1.165) is 11.3 Å². The molecule has 2 aromatic rings. The Kier molecular flexibility index (Phi) is 3.71. The van der Waals surface area contributed by atoms with Gasteiger partial charge in [-0.2, -0.15) is 5.26 Å². The highest BCUT2D eigenvalue weighted by molar-refractivity contribution is 5.64. The van der Waals surface area contributed by atoms with Crippen molar-refractivity contribution in [3.63, 3.8) is 0 Å². The lowest BCUT2D eigenvalue weighted by Gasteiger charge is -2.20. The molecule has 0 amide bonds. The van der Waals surface area contributed by atoms with Gasteiger partial charge in [0.25, 0.3) is 0 Å². The standard InChI is InChI=1S/C16H18N4/c1-11-9-12(16(2,3)4)5-6-13(11)14-7-8-15(18-10-17)20-19-14/h5-9H,1-4H3,(H,18,20). The van der Waals surface area contributed by atoms with E-state index in [2.05, 4.69) is 61.4 Å². The van der Waals surface area contributed by atoms with Crippen LogP contribution < -0.4 is 5.32 Å². The fourth-order valence-electron chi connectivity index (χ4n) is 2.02. The first-order valence-electron chi connectivity index (χ1n) is 6.52. The van der Waals surface area contributed by atoms with Crippen molar-refractivity contribution in [1.29, 1.82) is 5.26 Å². The second-order valence-corrected chi connectivity index (χ2v) is 5.82. The summed E-state index contributed by atoms with van der Waals surface area (Å²) in [6.07, 6.45) is 1.83. The maximum Gasteiger partial charge on any atom is 0.182 e. The summed E-state index contributed by atoms with van der Waals surface area (Å²) in [5.74, 6) is 0.459. The molecule has 2 rings (SSSR count). The lowest BCUT2D eigenvalue weighted by atomic mass is 9.85. The number of benzene rings is 1. The third-order valence-electron chi connectivity index (χ3n) is 3.22. The second-order valence-electron chi connectivity index (χ2n) is 5.82. The minimum absolute atomic E-state index is 0.134. The molecule has 0 bridgehead atoms. The van der Waals surface area contributed by atoms with E-state index in [4.69, 9.17) is 5.26 Å². The number of rotatable bonds is 2. The van der Waals surface area contributed by atoms with Gasteiger partial charge >= 0.3 is 0 Å². The van der Waals surface area contributed by atoms with Crippen molar-refractivity contribution in [3.8, 4) is 17.5 Å². The van der Waals surface area contributed by atoms with Crippen LogP contribution in [0.5, 0.6) is 0 Å². The number of nitriles is 1. The van der Waals surface area contributed by atoms with Crippen LogP contribution in [-0.2, 0) is 5.41 Å². The van der Waals surface area contributed by atoms with Crippen molar-refractivity contribution in [3.05, 3.63) is 41.5 Å². The Bertz CT molecular complexity index is 646. The number of nitrogens with zero attached hydrogens (tertiary/aromatic N) is 3. The molecule has 0 atom stereocenters. The number of hydrogen-bond donors (Lipinski definition) is 1. The smallest absolute Gasteiger partial charge is 0.182 e. The molecule has 0 fully saturated rings. The summed E-state index contributed by atoms with van der Waals surface area (Å²) < 4.78 is 0. The lowest BCUT2D eigenvalue weighted by Crippen LogP contribution is -2.11. The largest absolute Gasteiger partial charge is 0.275 e. The predicted octanol–water partition coefficient (Wildman–Crippen LogP) is 3.64. The minimum atomic E-state index is 0.134.